The molecule has 1 aromatic heterocycles. The number of nitrogens with zero attached hydrogens (tertiary/aromatic N) is 6. The molecule has 1 aromatic carbocycles. The number of aromatic nitrogens is 2. The molecule has 0 saturated carbocycles. The van der Waals surface area contributed by atoms with E-state index in [0.29, 0.717) is 38.4 Å². The van der Waals surface area contributed by atoms with Crippen molar-refractivity contribution in [2.75, 3.05) is 80.5 Å². The van der Waals surface area contributed by atoms with E-state index in [-0.39, 0.29) is 6.09 Å². The Bertz CT molecular complexity index is 1360. The molecule has 0 radical (unpaired) electrons. The number of carbonyl (C=O) groups is 1. The Kier molecular flexibility index (Phi) is 9.68. The molecule has 11 nitrogen and oxygen atoms in total. The van der Waals surface area contributed by atoms with Crippen molar-refractivity contribution in [2.45, 2.75) is 71.5 Å². The van der Waals surface area contributed by atoms with Crippen molar-refractivity contribution < 1.29 is 23.7 Å². The topological polar surface area (TPSA) is 92.7 Å². The SMILES string of the molecule is CC(C)(C)OC(=O)N1CC(C2CCN(c3ccc4c(c3)N(COCC[Si](C)(C)C)c3ncnc(N5CCOCC5)c3CO4)CC2)C1. The highest BCUT2D eigenvalue weighted by atomic mass is 28.3. The molecule has 0 aliphatic carbocycles. The first-order chi connectivity index (χ1) is 21.9. The van der Waals surface area contributed by atoms with Crippen molar-refractivity contribution in [3.63, 3.8) is 0 Å². The predicted molar refractivity (Wildman–Crippen MR) is 183 cm³/mol. The van der Waals surface area contributed by atoms with Crippen molar-refractivity contribution in [1.29, 1.82) is 0 Å². The van der Waals surface area contributed by atoms with Crippen LogP contribution in [-0.4, -0.2) is 100 Å². The zero-order valence-electron chi connectivity index (χ0n) is 28.6. The molecule has 1 amide bonds. The highest BCUT2D eigenvalue weighted by Crippen LogP contribution is 2.43. The van der Waals surface area contributed by atoms with Gasteiger partial charge in [0, 0.05) is 59.6 Å². The second-order valence-electron chi connectivity index (χ2n) is 15.3. The normalized spacial score (nSPS) is 19.6. The lowest BCUT2D eigenvalue weighted by Gasteiger charge is -2.46. The summed E-state index contributed by atoms with van der Waals surface area (Å²) in [5.41, 5.74) is 2.69. The van der Waals surface area contributed by atoms with Crippen LogP contribution in [0.15, 0.2) is 24.5 Å². The van der Waals surface area contributed by atoms with Crippen LogP contribution in [0.1, 0.15) is 39.2 Å². The molecule has 6 rings (SSSR count). The van der Waals surface area contributed by atoms with Gasteiger partial charge in [0.15, 0.2) is 0 Å². The number of piperidine rings is 1. The maximum Gasteiger partial charge on any atom is 0.410 e. The number of likely N-dealkylation sites (tertiary alicyclic amines) is 1. The van der Waals surface area contributed by atoms with Crippen molar-refractivity contribution in [2.24, 2.45) is 11.8 Å². The van der Waals surface area contributed by atoms with E-state index in [1.54, 1.807) is 6.33 Å². The highest BCUT2D eigenvalue weighted by Gasteiger charge is 2.39. The van der Waals surface area contributed by atoms with Gasteiger partial charge in [0.25, 0.3) is 0 Å². The maximum absolute atomic E-state index is 12.4. The highest BCUT2D eigenvalue weighted by molar-refractivity contribution is 6.76. The van der Waals surface area contributed by atoms with Gasteiger partial charge >= 0.3 is 6.09 Å². The number of carbonyl (C=O) groups excluding carboxylic acids is 1. The Balaban J connectivity index is 1.17. The molecule has 3 fully saturated rings. The molecule has 3 saturated heterocycles. The molecule has 46 heavy (non-hydrogen) atoms. The molecule has 0 bridgehead atoms. The van der Waals surface area contributed by atoms with E-state index in [9.17, 15) is 4.79 Å². The van der Waals surface area contributed by atoms with Gasteiger partial charge in [0.05, 0.1) is 24.5 Å². The monoisotopic (exact) mass is 652 g/mol. The van der Waals surface area contributed by atoms with Crippen LogP contribution in [0.2, 0.25) is 25.7 Å². The first-order valence-corrected chi connectivity index (χ1v) is 20.7. The largest absolute Gasteiger partial charge is 0.486 e. The average Bonchev–Trinajstić information content (AvgIpc) is 3.14. The van der Waals surface area contributed by atoms with Crippen LogP contribution in [0.25, 0.3) is 0 Å². The van der Waals surface area contributed by atoms with E-state index in [0.717, 1.165) is 93.4 Å². The molecular weight excluding hydrogens is 600 g/mol. The molecule has 252 valence electrons. The smallest absolute Gasteiger partial charge is 0.410 e. The molecule has 0 N–H and O–H groups in total. The third-order valence-electron chi connectivity index (χ3n) is 9.42. The molecule has 12 heteroatoms. The average molecular weight is 653 g/mol. The molecule has 4 aliphatic heterocycles. The fourth-order valence-electron chi connectivity index (χ4n) is 6.68. The summed E-state index contributed by atoms with van der Waals surface area (Å²) in [5.74, 6) is 3.76. The predicted octanol–water partition coefficient (Wildman–Crippen LogP) is 5.74. The van der Waals surface area contributed by atoms with Gasteiger partial charge in [0.2, 0.25) is 0 Å². The van der Waals surface area contributed by atoms with Gasteiger partial charge in [-0.3, -0.25) is 4.90 Å². The van der Waals surface area contributed by atoms with Crippen LogP contribution < -0.4 is 19.4 Å². The number of amides is 1. The summed E-state index contributed by atoms with van der Waals surface area (Å²) in [4.78, 5) is 30.8. The molecule has 0 atom stereocenters. The summed E-state index contributed by atoms with van der Waals surface area (Å²) >= 11 is 0. The van der Waals surface area contributed by atoms with Gasteiger partial charge in [-0.05, 0) is 69.7 Å². The van der Waals surface area contributed by atoms with Crippen LogP contribution in [-0.2, 0) is 20.8 Å². The Hall–Kier alpha value is -3.09. The lowest BCUT2D eigenvalue weighted by atomic mass is 9.79. The zero-order chi connectivity index (χ0) is 32.5. The van der Waals surface area contributed by atoms with Crippen molar-refractivity contribution >= 4 is 37.2 Å². The quantitative estimate of drug-likeness (QED) is 0.260. The number of morpholine rings is 1. The zero-order valence-corrected chi connectivity index (χ0v) is 29.6. The summed E-state index contributed by atoms with van der Waals surface area (Å²) in [6.07, 6.45) is 3.71. The summed E-state index contributed by atoms with van der Waals surface area (Å²) in [6, 6.07) is 7.63. The Morgan fingerprint density at radius 2 is 1.70 bits per heavy atom. The van der Waals surface area contributed by atoms with Gasteiger partial charge in [-0.1, -0.05) is 19.6 Å². The van der Waals surface area contributed by atoms with Crippen LogP contribution >= 0.6 is 0 Å². The minimum Gasteiger partial charge on any atom is -0.486 e. The minimum atomic E-state index is -1.24. The summed E-state index contributed by atoms with van der Waals surface area (Å²) in [5, 5.41) is 0. The van der Waals surface area contributed by atoms with Crippen LogP contribution in [0.3, 0.4) is 0 Å². The molecule has 2 aromatic rings. The lowest BCUT2D eigenvalue weighted by molar-refractivity contribution is -0.0131. The van der Waals surface area contributed by atoms with Crippen LogP contribution in [0.5, 0.6) is 5.75 Å². The molecule has 5 heterocycles. The van der Waals surface area contributed by atoms with E-state index >= 15 is 0 Å². The van der Waals surface area contributed by atoms with Crippen LogP contribution in [0.4, 0.5) is 27.8 Å². The van der Waals surface area contributed by atoms with Gasteiger partial charge in [-0.15, -0.1) is 0 Å². The number of ether oxygens (including phenoxy) is 4. The van der Waals surface area contributed by atoms with E-state index in [1.165, 1.54) is 5.69 Å². The fraction of sp³-hybridized carbons (Fsp3) is 0.676. The van der Waals surface area contributed by atoms with Crippen LogP contribution in [0, 0.1) is 11.8 Å². The summed E-state index contributed by atoms with van der Waals surface area (Å²) in [7, 11) is -1.24. The number of anilines is 4. The number of hydrogen-bond donors (Lipinski definition) is 0. The number of fused-ring (bicyclic) bond motifs is 2. The first kappa shape index (κ1) is 32.8. The Morgan fingerprint density at radius 3 is 2.39 bits per heavy atom. The molecular formula is C34H52N6O5Si. The standard InChI is InChI=1S/C34H52N6O5Si/c1-34(2,3)45-33(41)39-20-26(21-39)25-9-11-37(12-10-25)27-7-8-30-29(19-27)40(24-43-17-18-46(4,5)6)32-28(22-44-30)31(35-23-36-32)38-13-15-42-16-14-38/h7-8,19,23,25-26H,9-18,20-22,24H2,1-6H3. The third kappa shape index (κ3) is 7.71. The third-order valence-corrected chi connectivity index (χ3v) is 11.1. The summed E-state index contributed by atoms with van der Waals surface area (Å²) in [6.45, 7) is 20.9. The Labute approximate surface area is 275 Å². The van der Waals surface area contributed by atoms with Gasteiger partial charge in [0.1, 0.15) is 42.7 Å². The number of benzene rings is 1. The lowest BCUT2D eigenvalue weighted by Crippen LogP contribution is -2.55. The van der Waals surface area contributed by atoms with E-state index in [4.69, 9.17) is 28.9 Å². The van der Waals surface area contributed by atoms with Crippen molar-refractivity contribution in [1.82, 2.24) is 14.9 Å². The van der Waals surface area contributed by atoms with Crippen molar-refractivity contribution in [3.05, 3.63) is 30.1 Å². The van der Waals surface area contributed by atoms with Crippen molar-refractivity contribution in [3.8, 4) is 5.75 Å². The van der Waals surface area contributed by atoms with E-state index < -0.39 is 13.7 Å². The number of hydrogen-bond acceptors (Lipinski definition) is 10. The van der Waals surface area contributed by atoms with Gasteiger partial charge in [-0.25, -0.2) is 14.8 Å². The Morgan fingerprint density at radius 1 is 0.978 bits per heavy atom. The van der Waals surface area contributed by atoms with Gasteiger partial charge < -0.3 is 33.6 Å². The molecule has 0 spiro atoms. The van der Waals surface area contributed by atoms with E-state index in [2.05, 4.69) is 52.5 Å². The second kappa shape index (κ2) is 13.6. The minimum absolute atomic E-state index is 0.189. The van der Waals surface area contributed by atoms with Gasteiger partial charge in [-0.2, -0.15) is 0 Å². The van der Waals surface area contributed by atoms with E-state index in [1.807, 2.05) is 25.7 Å². The summed E-state index contributed by atoms with van der Waals surface area (Å²) < 4.78 is 24.0. The number of rotatable bonds is 8. The fourth-order valence-corrected chi connectivity index (χ4v) is 7.44. The maximum atomic E-state index is 12.4. The second-order valence-corrected chi connectivity index (χ2v) is 20.9. The first-order valence-electron chi connectivity index (χ1n) is 17.0. The molecule has 0 unspecified atom stereocenters. The molecule has 4 aliphatic rings.